The number of aryl methyl sites for hydroxylation is 1. The van der Waals surface area contributed by atoms with Gasteiger partial charge in [-0.3, -0.25) is 4.79 Å². The lowest BCUT2D eigenvalue weighted by Crippen LogP contribution is -2.51. The van der Waals surface area contributed by atoms with E-state index in [0.29, 0.717) is 5.41 Å². The van der Waals surface area contributed by atoms with Crippen LogP contribution in [0, 0.1) is 30.1 Å². The lowest BCUT2D eigenvalue weighted by atomic mass is 9.49. The van der Waals surface area contributed by atoms with Gasteiger partial charge in [0.05, 0.1) is 4.88 Å². The first kappa shape index (κ1) is 13.6. The summed E-state index contributed by atoms with van der Waals surface area (Å²) in [4.78, 5) is 14.1. The molecule has 0 aliphatic heterocycles. The van der Waals surface area contributed by atoms with Crippen LogP contribution in [0.3, 0.4) is 0 Å². The van der Waals surface area contributed by atoms with Gasteiger partial charge in [-0.1, -0.05) is 0 Å². The fourth-order valence-corrected chi connectivity index (χ4v) is 6.33. The van der Waals surface area contributed by atoms with E-state index in [1.54, 1.807) is 0 Å². The number of carbonyl (C=O) groups is 1. The molecule has 1 aromatic rings. The van der Waals surface area contributed by atoms with Gasteiger partial charge in [-0.15, -0.1) is 11.3 Å². The quantitative estimate of drug-likeness (QED) is 0.896. The maximum Gasteiger partial charge on any atom is 0.261 e. The largest absolute Gasteiger partial charge is 0.398 e. The van der Waals surface area contributed by atoms with Crippen LogP contribution < -0.4 is 11.1 Å². The van der Waals surface area contributed by atoms with Gasteiger partial charge in [0.1, 0.15) is 0 Å². The minimum atomic E-state index is 0.0653. The van der Waals surface area contributed by atoms with Gasteiger partial charge < -0.3 is 11.1 Å². The Morgan fingerprint density at radius 3 is 2.33 bits per heavy atom. The topological polar surface area (TPSA) is 55.1 Å². The molecule has 4 aliphatic rings. The van der Waals surface area contributed by atoms with Crippen LogP contribution in [0.2, 0.25) is 0 Å². The molecule has 4 bridgehead atoms. The standard InChI is InChI=1S/C17H24N2OS/c1-10-14(18)5-15(21-10)16(20)19-9-17-6-11-2-12(7-17)4-13(3-11)8-17/h5,11-13H,2-4,6-9,18H2,1H3,(H,19,20). The van der Waals surface area contributed by atoms with Crippen molar-refractivity contribution < 1.29 is 4.79 Å². The molecule has 4 saturated carbocycles. The van der Waals surface area contributed by atoms with Crippen molar-refractivity contribution in [2.24, 2.45) is 23.2 Å². The fraction of sp³-hybridized carbons (Fsp3) is 0.706. The van der Waals surface area contributed by atoms with Crippen LogP contribution in [-0.4, -0.2) is 12.5 Å². The molecule has 0 radical (unpaired) electrons. The Kier molecular flexibility index (Phi) is 3.07. The van der Waals surface area contributed by atoms with Gasteiger partial charge in [0.25, 0.3) is 5.91 Å². The molecule has 0 saturated heterocycles. The summed E-state index contributed by atoms with van der Waals surface area (Å²) in [6.07, 6.45) is 8.37. The lowest BCUT2D eigenvalue weighted by molar-refractivity contribution is -0.0503. The van der Waals surface area contributed by atoms with Gasteiger partial charge in [0.2, 0.25) is 0 Å². The van der Waals surface area contributed by atoms with Crippen LogP contribution in [-0.2, 0) is 0 Å². The van der Waals surface area contributed by atoms with Gasteiger partial charge in [-0.2, -0.15) is 0 Å². The predicted molar refractivity (Wildman–Crippen MR) is 86.4 cm³/mol. The molecule has 0 atom stereocenters. The predicted octanol–water partition coefficient (Wildman–Crippen LogP) is 3.58. The second kappa shape index (κ2) is 4.73. The number of nitrogen functional groups attached to an aromatic ring is 1. The Morgan fingerprint density at radius 1 is 1.29 bits per heavy atom. The third-order valence-corrected chi connectivity index (χ3v) is 7.03. The molecule has 1 aromatic heterocycles. The van der Waals surface area contributed by atoms with Gasteiger partial charge in [0, 0.05) is 17.1 Å². The highest BCUT2D eigenvalue weighted by atomic mass is 32.1. The summed E-state index contributed by atoms with van der Waals surface area (Å²) in [6.45, 7) is 2.84. The van der Waals surface area contributed by atoms with Crippen molar-refractivity contribution in [1.29, 1.82) is 0 Å². The average Bonchev–Trinajstić information content (AvgIpc) is 2.75. The van der Waals surface area contributed by atoms with E-state index in [9.17, 15) is 4.79 Å². The number of hydrogen-bond acceptors (Lipinski definition) is 3. The smallest absolute Gasteiger partial charge is 0.261 e. The van der Waals surface area contributed by atoms with Gasteiger partial charge in [-0.05, 0) is 74.7 Å². The number of thiophene rings is 1. The Balaban J connectivity index is 1.43. The highest BCUT2D eigenvalue weighted by Gasteiger charge is 2.50. The maximum atomic E-state index is 12.3. The number of hydrogen-bond donors (Lipinski definition) is 2. The number of nitrogens with two attached hydrogens (primary N) is 1. The van der Waals surface area contributed by atoms with Crippen LogP contribution in [0.1, 0.15) is 53.1 Å². The van der Waals surface area contributed by atoms with Crippen LogP contribution in [0.5, 0.6) is 0 Å². The molecule has 21 heavy (non-hydrogen) atoms. The lowest BCUT2D eigenvalue weighted by Gasteiger charge is -2.56. The molecule has 3 nitrogen and oxygen atoms in total. The number of carbonyl (C=O) groups excluding carboxylic acids is 1. The van der Waals surface area contributed by atoms with E-state index in [1.807, 2.05) is 13.0 Å². The second-order valence-corrected chi connectivity index (χ2v) is 8.98. The first-order valence-electron chi connectivity index (χ1n) is 8.17. The summed E-state index contributed by atoms with van der Waals surface area (Å²) in [5, 5.41) is 3.21. The van der Waals surface area contributed by atoms with Crippen molar-refractivity contribution in [2.75, 3.05) is 12.3 Å². The Labute approximate surface area is 130 Å². The third kappa shape index (κ3) is 2.37. The molecule has 1 heterocycles. The first-order valence-corrected chi connectivity index (χ1v) is 8.99. The zero-order valence-electron chi connectivity index (χ0n) is 12.7. The van der Waals surface area contributed by atoms with E-state index < -0.39 is 0 Å². The number of rotatable bonds is 3. The van der Waals surface area contributed by atoms with E-state index in [4.69, 9.17) is 5.73 Å². The third-order valence-electron chi connectivity index (χ3n) is 5.97. The first-order chi connectivity index (χ1) is 10.0. The van der Waals surface area contributed by atoms with Crippen molar-refractivity contribution in [2.45, 2.75) is 45.4 Å². The number of amides is 1. The molecule has 114 valence electrons. The van der Waals surface area contributed by atoms with Crippen LogP contribution in [0.25, 0.3) is 0 Å². The van der Waals surface area contributed by atoms with Crippen LogP contribution in [0.4, 0.5) is 5.69 Å². The molecule has 5 rings (SSSR count). The van der Waals surface area contributed by atoms with Crippen molar-refractivity contribution in [3.8, 4) is 0 Å². The maximum absolute atomic E-state index is 12.3. The van der Waals surface area contributed by atoms with E-state index in [-0.39, 0.29) is 5.91 Å². The van der Waals surface area contributed by atoms with E-state index in [2.05, 4.69) is 5.32 Å². The minimum absolute atomic E-state index is 0.0653. The summed E-state index contributed by atoms with van der Waals surface area (Å²) < 4.78 is 0. The summed E-state index contributed by atoms with van der Waals surface area (Å²) in [5.41, 5.74) is 6.99. The normalized spacial score (nSPS) is 36.9. The van der Waals surface area contributed by atoms with E-state index in [1.165, 1.54) is 49.9 Å². The molecule has 4 aliphatic carbocycles. The summed E-state index contributed by atoms with van der Waals surface area (Å²) in [5.74, 6) is 2.88. The van der Waals surface area contributed by atoms with Crippen molar-refractivity contribution >= 4 is 22.9 Å². The Morgan fingerprint density at radius 2 is 1.86 bits per heavy atom. The molecule has 3 N–H and O–H groups in total. The zero-order chi connectivity index (χ0) is 14.6. The van der Waals surface area contributed by atoms with Crippen molar-refractivity contribution in [3.63, 3.8) is 0 Å². The van der Waals surface area contributed by atoms with Crippen LogP contribution in [0.15, 0.2) is 6.07 Å². The monoisotopic (exact) mass is 304 g/mol. The number of nitrogens with one attached hydrogen (secondary N) is 1. The fourth-order valence-electron chi connectivity index (χ4n) is 5.47. The molecule has 0 spiro atoms. The van der Waals surface area contributed by atoms with Crippen molar-refractivity contribution in [1.82, 2.24) is 5.32 Å². The van der Waals surface area contributed by atoms with Gasteiger partial charge in [-0.25, -0.2) is 0 Å². The summed E-state index contributed by atoms with van der Waals surface area (Å²) >= 11 is 1.50. The molecular weight excluding hydrogens is 280 g/mol. The van der Waals surface area contributed by atoms with Gasteiger partial charge in [0.15, 0.2) is 0 Å². The van der Waals surface area contributed by atoms with Crippen molar-refractivity contribution in [3.05, 3.63) is 15.8 Å². The highest BCUT2D eigenvalue weighted by Crippen LogP contribution is 2.59. The van der Waals surface area contributed by atoms with Gasteiger partial charge >= 0.3 is 0 Å². The zero-order valence-corrected chi connectivity index (χ0v) is 13.5. The van der Waals surface area contributed by atoms with Crippen LogP contribution >= 0.6 is 11.3 Å². The molecule has 0 unspecified atom stereocenters. The summed E-state index contributed by atoms with van der Waals surface area (Å²) in [7, 11) is 0. The SMILES string of the molecule is Cc1sc(C(=O)NCC23CC4CC(CC(C4)C2)C3)cc1N. The molecule has 1 amide bonds. The second-order valence-electron chi connectivity index (χ2n) is 7.72. The minimum Gasteiger partial charge on any atom is -0.398 e. The highest BCUT2D eigenvalue weighted by molar-refractivity contribution is 7.14. The molecule has 4 heteroatoms. The Bertz CT molecular complexity index is 523. The average molecular weight is 304 g/mol. The number of anilines is 1. The molecule has 4 fully saturated rings. The van der Waals surface area contributed by atoms with E-state index in [0.717, 1.165) is 39.7 Å². The molecular formula is C17H24N2OS. The van der Waals surface area contributed by atoms with E-state index >= 15 is 0 Å². The molecule has 0 aromatic carbocycles. The Hall–Kier alpha value is -1.03. The summed E-state index contributed by atoms with van der Waals surface area (Å²) in [6, 6.07) is 1.81.